The maximum Gasteiger partial charge on any atom is 0.222 e. The van der Waals surface area contributed by atoms with Crippen molar-refractivity contribution in [2.24, 2.45) is 0 Å². The van der Waals surface area contributed by atoms with E-state index in [-0.39, 0.29) is 12.1 Å². The van der Waals surface area contributed by atoms with Crippen LogP contribution in [0.4, 0.5) is 5.69 Å². The second-order valence-electron chi connectivity index (χ2n) is 7.07. The van der Waals surface area contributed by atoms with Gasteiger partial charge in [0.15, 0.2) is 0 Å². The molecule has 28 heavy (non-hydrogen) atoms. The van der Waals surface area contributed by atoms with Crippen LogP contribution in [0, 0.1) is 11.3 Å². The third-order valence-electron chi connectivity index (χ3n) is 4.78. The highest BCUT2D eigenvalue weighted by Crippen LogP contribution is 2.34. The summed E-state index contributed by atoms with van der Waals surface area (Å²) in [6, 6.07) is 6.28. The number of nitriles is 1. The van der Waals surface area contributed by atoms with Crippen molar-refractivity contribution in [3.63, 3.8) is 0 Å². The Bertz CT molecular complexity index is 1050. The summed E-state index contributed by atoms with van der Waals surface area (Å²) >= 11 is 0. The molecule has 1 atom stereocenters. The molecule has 1 aliphatic rings. The van der Waals surface area contributed by atoms with E-state index in [4.69, 9.17) is 14.5 Å². The smallest absolute Gasteiger partial charge is 0.222 e. The minimum absolute atomic E-state index is 0.198. The normalized spacial score (nSPS) is 16.5. The van der Waals surface area contributed by atoms with Crippen LogP contribution in [0.5, 0.6) is 5.88 Å². The van der Waals surface area contributed by atoms with Gasteiger partial charge in [0.1, 0.15) is 17.1 Å². The van der Waals surface area contributed by atoms with E-state index >= 15 is 0 Å². The van der Waals surface area contributed by atoms with E-state index in [1.807, 2.05) is 10.7 Å². The molecule has 1 aliphatic heterocycles. The van der Waals surface area contributed by atoms with Crippen LogP contribution in [0.15, 0.2) is 24.5 Å². The summed E-state index contributed by atoms with van der Waals surface area (Å²) in [5, 5.41) is 17.4. The monoisotopic (exact) mass is 378 g/mol. The number of ether oxygens (including phenoxy) is 2. The fourth-order valence-corrected chi connectivity index (χ4v) is 3.43. The molecule has 8 nitrogen and oxygen atoms in total. The van der Waals surface area contributed by atoms with Crippen molar-refractivity contribution in [2.45, 2.75) is 32.4 Å². The predicted octanol–water partition coefficient (Wildman–Crippen LogP) is 3.16. The van der Waals surface area contributed by atoms with Gasteiger partial charge >= 0.3 is 0 Å². The average molecular weight is 378 g/mol. The van der Waals surface area contributed by atoms with Gasteiger partial charge in [-0.15, -0.1) is 0 Å². The summed E-state index contributed by atoms with van der Waals surface area (Å²) in [6.45, 7) is 5.60. The van der Waals surface area contributed by atoms with Crippen LogP contribution in [0.1, 0.15) is 31.9 Å². The van der Waals surface area contributed by atoms with Crippen molar-refractivity contribution >= 4 is 16.7 Å². The minimum Gasteiger partial charge on any atom is -0.481 e. The molecule has 1 saturated heterocycles. The van der Waals surface area contributed by atoms with Crippen molar-refractivity contribution in [1.29, 1.82) is 5.26 Å². The Hall–Kier alpha value is -3.18. The summed E-state index contributed by atoms with van der Waals surface area (Å²) in [7, 11) is 1.56. The lowest BCUT2D eigenvalue weighted by atomic mass is 10.1. The van der Waals surface area contributed by atoms with Crippen molar-refractivity contribution in [3.05, 3.63) is 30.1 Å². The number of methoxy groups -OCH3 is 1. The third kappa shape index (κ3) is 3.25. The Labute approximate surface area is 163 Å². The molecule has 0 bridgehead atoms. The number of pyridine rings is 2. The highest BCUT2D eigenvalue weighted by atomic mass is 16.5. The Balaban J connectivity index is 1.90. The number of nitrogens with zero attached hydrogens (tertiary/aromatic N) is 5. The molecule has 3 aromatic heterocycles. The van der Waals surface area contributed by atoms with Gasteiger partial charge in [-0.05, 0) is 32.4 Å². The quantitative estimate of drug-likeness (QED) is 0.728. The molecule has 3 aromatic rings. The van der Waals surface area contributed by atoms with Gasteiger partial charge in [0.25, 0.3) is 0 Å². The first-order chi connectivity index (χ1) is 13.6. The highest BCUT2D eigenvalue weighted by molar-refractivity contribution is 5.91. The Morgan fingerprint density at radius 2 is 2.21 bits per heavy atom. The number of anilines is 1. The maximum absolute atomic E-state index is 9.26. The third-order valence-corrected chi connectivity index (χ3v) is 4.78. The first-order valence-electron chi connectivity index (χ1n) is 9.27. The van der Waals surface area contributed by atoms with Crippen molar-refractivity contribution in [2.75, 3.05) is 25.6 Å². The van der Waals surface area contributed by atoms with Crippen LogP contribution in [0.3, 0.4) is 0 Å². The second-order valence-corrected chi connectivity index (χ2v) is 7.07. The van der Waals surface area contributed by atoms with E-state index < -0.39 is 0 Å². The topological polar surface area (TPSA) is 97.9 Å². The van der Waals surface area contributed by atoms with E-state index in [0.717, 1.165) is 29.7 Å². The summed E-state index contributed by atoms with van der Waals surface area (Å²) in [5.41, 5.74) is 4.47. The molecule has 4 rings (SSSR count). The largest absolute Gasteiger partial charge is 0.481 e. The Kier molecular flexibility index (Phi) is 4.84. The molecule has 8 heteroatoms. The number of hydrogen-bond donors (Lipinski definition) is 1. The number of nitrogens with one attached hydrogen (secondary N) is 1. The lowest BCUT2D eigenvalue weighted by molar-refractivity contribution is 0.195. The van der Waals surface area contributed by atoms with Crippen LogP contribution in [0.2, 0.25) is 0 Å². The molecule has 4 heterocycles. The maximum atomic E-state index is 9.26. The molecule has 0 spiro atoms. The second kappa shape index (κ2) is 7.44. The molecule has 1 fully saturated rings. The first kappa shape index (κ1) is 18.2. The molecule has 0 amide bonds. The zero-order chi connectivity index (χ0) is 19.7. The van der Waals surface area contributed by atoms with Crippen LogP contribution in [0.25, 0.3) is 22.3 Å². The highest BCUT2D eigenvalue weighted by Gasteiger charge is 2.21. The van der Waals surface area contributed by atoms with E-state index in [2.05, 4.69) is 35.3 Å². The average Bonchev–Trinajstić information content (AvgIpc) is 3.37. The van der Waals surface area contributed by atoms with Crippen molar-refractivity contribution < 1.29 is 9.47 Å². The van der Waals surface area contributed by atoms with Gasteiger partial charge in [-0.25, -0.2) is 9.97 Å². The number of fused-ring (bicyclic) bond motifs is 1. The van der Waals surface area contributed by atoms with E-state index in [1.165, 1.54) is 6.20 Å². The summed E-state index contributed by atoms with van der Waals surface area (Å²) in [5.74, 6) is 0.428. The first-order valence-corrected chi connectivity index (χ1v) is 9.27. The minimum atomic E-state index is 0.198. The van der Waals surface area contributed by atoms with Gasteiger partial charge in [0.2, 0.25) is 5.88 Å². The molecular weight excluding hydrogens is 356 g/mol. The number of rotatable bonds is 5. The van der Waals surface area contributed by atoms with E-state index in [0.29, 0.717) is 29.3 Å². The van der Waals surface area contributed by atoms with Gasteiger partial charge in [-0.1, -0.05) is 0 Å². The molecule has 0 radical (unpaired) electrons. The van der Waals surface area contributed by atoms with Crippen LogP contribution in [-0.4, -0.2) is 46.1 Å². The lowest BCUT2D eigenvalue weighted by Gasteiger charge is -2.17. The Morgan fingerprint density at radius 1 is 1.36 bits per heavy atom. The van der Waals surface area contributed by atoms with Gasteiger partial charge in [-0.2, -0.15) is 10.4 Å². The zero-order valence-corrected chi connectivity index (χ0v) is 16.1. The fraction of sp³-hybridized carbons (Fsp3) is 0.400. The zero-order valence-electron chi connectivity index (χ0n) is 16.1. The fourth-order valence-electron chi connectivity index (χ4n) is 3.43. The standard InChI is InChI=1S/C20H22N6O2/c1-12(2)26-19-17(24-14-4-5-28-11-14)7-16(25-18(19)10-23-26)15-6-13(8-21)9-22-20(15)27-3/h6-7,9-10,12,14H,4-5,11H2,1-3H3,(H,24,25)/t14-/m1/s1. The SMILES string of the molecule is COc1ncc(C#N)cc1-c1cc(N[C@@H]2CCOC2)c2c(cnn2C(C)C)n1. The van der Waals surface area contributed by atoms with Crippen LogP contribution >= 0.6 is 0 Å². The predicted molar refractivity (Wildman–Crippen MR) is 105 cm³/mol. The van der Waals surface area contributed by atoms with E-state index in [1.54, 1.807) is 19.4 Å². The lowest BCUT2D eigenvalue weighted by Crippen LogP contribution is -2.20. The van der Waals surface area contributed by atoms with Gasteiger partial charge in [-0.3, -0.25) is 4.68 Å². The molecule has 0 aliphatic carbocycles. The van der Waals surface area contributed by atoms with Crippen molar-refractivity contribution in [3.8, 4) is 23.2 Å². The molecule has 0 aromatic carbocycles. The van der Waals surface area contributed by atoms with Gasteiger partial charge in [0, 0.05) is 18.8 Å². The molecule has 0 unspecified atom stereocenters. The van der Waals surface area contributed by atoms with E-state index in [9.17, 15) is 5.26 Å². The molecular formula is C20H22N6O2. The molecule has 144 valence electrons. The van der Waals surface area contributed by atoms with Crippen molar-refractivity contribution in [1.82, 2.24) is 19.7 Å². The summed E-state index contributed by atoms with van der Waals surface area (Å²) < 4.78 is 12.9. The van der Waals surface area contributed by atoms with Gasteiger partial charge in [0.05, 0.1) is 48.5 Å². The van der Waals surface area contributed by atoms with Crippen LogP contribution < -0.4 is 10.1 Å². The van der Waals surface area contributed by atoms with Crippen LogP contribution in [-0.2, 0) is 4.74 Å². The Morgan fingerprint density at radius 3 is 2.89 bits per heavy atom. The number of hydrogen-bond acceptors (Lipinski definition) is 7. The van der Waals surface area contributed by atoms with Gasteiger partial charge < -0.3 is 14.8 Å². The summed E-state index contributed by atoms with van der Waals surface area (Å²) in [4.78, 5) is 9.03. The molecule has 1 N–H and O–H groups in total. The number of aromatic nitrogens is 4. The summed E-state index contributed by atoms with van der Waals surface area (Å²) in [6.07, 6.45) is 4.21. The molecule has 0 saturated carbocycles.